The van der Waals surface area contributed by atoms with E-state index in [0.717, 1.165) is 12.1 Å². The normalized spacial score (nSPS) is 11.8. The summed E-state index contributed by atoms with van der Waals surface area (Å²) in [5.41, 5.74) is 6.64. The fourth-order valence-corrected chi connectivity index (χ4v) is 1.90. The van der Waals surface area contributed by atoms with Gasteiger partial charge in [-0.3, -0.25) is 4.68 Å². The van der Waals surface area contributed by atoms with Gasteiger partial charge in [0, 0.05) is 18.7 Å². The third-order valence-electron chi connectivity index (χ3n) is 2.82. The Balaban J connectivity index is 2.50. The van der Waals surface area contributed by atoms with Crippen LogP contribution < -0.4 is 5.73 Å². The number of rotatable bonds is 3. The van der Waals surface area contributed by atoms with E-state index in [1.54, 1.807) is 16.8 Å². The molecule has 0 fully saturated rings. The molecule has 1 aromatic carbocycles. The highest BCUT2D eigenvalue weighted by Crippen LogP contribution is 2.32. The van der Waals surface area contributed by atoms with Crippen molar-refractivity contribution >= 4 is 0 Å². The van der Waals surface area contributed by atoms with Gasteiger partial charge in [-0.15, -0.1) is 0 Å². The zero-order chi connectivity index (χ0) is 14.0. The molecular formula is C13H14F3N3. The van der Waals surface area contributed by atoms with Gasteiger partial charge in [0.1, 0.15) is 0 Å². The van der Waals surface area contributed by atoms with Crippen LogP contribution in [-0.2, 0) is 19.3 Å². The SMILES string of the molecule is CCn1nc(CN)cc1-c1cccc(C(F)(F)F)c1. The van der Waals surface area contributed by atoms with Crippen LogP contribution in [0.3, 0.4) is 0 Å². The lowest BCUT2D eigenvalue weighted by molar-refractivity contribution is -0.137. The number of aromatic nitrogens is 2. The van der Waals surface area contributed by atoms with Gasteiger partial charge in [0.15, 0.2) is 0 Å². The van der Waals surface area contributed by atoms with Gasteiger partial charge in [0.2, 0.25) is 0 Å². The maximum absolute atomic E-state index is 12.7. The predicted molar refractivity (Wildman–Crippen MR) is 66.2 cm³/mol. The molecule has 0 aliphatic rings. The predicted octanol–water partition coefficient (Wildman–Crippen LogP) is 3.05. The monoisotopic (exact) mass is 269 g/mol. The van der Waals surface area contributed by atoms with E-state index in [2.05, 4.69) is 5.10 Å². The van der Waals surface area contributed by atoms with Gasteiger partial charge in [0.05, 0.1) is 17.0 Å². The van der Waals surface area contributed by atoms with Crippen LogP contribution in [0.1, 0.15) is 18.2 Å². The van der Waals surface area contributed by atoms with Gasteiger partial charge in [-0.05, 0) is 25.1 Å². The third-order valence-corrected chi connectivity index (χ3v) is 2.82. The second kappa shape index (κ2) is 5.05. The van der Waals surface area contributed by atoms with Gasteiger partial charge in [-0.25, -0.2) is 0 Å². The summed E-state index contributed by atoms with van der Waals surface area (Å²) in [6, 6.07) is 6.94. The number of nitrogens with two attached hydrogens (primary N) is 1. The average molecular weight is 269 g/mol. The van der Waals surface area contributed by atoms with Crippen molar-refractivity contribution in [2.24, 2.45) is 5.73 Å². The summed E-state index contributed by atoms with van der Waals surface area (Å²) in [5, 5.41) is 4.23. The summed E-state index contributed by atoms with van der Waals surface area (Å²) in [7, 11) is 0. The molecule has 0 aliphatic carbocycles. The summed E-state index contributed by atoms with van der Waals surface area (Å²) in [4.78, 5) is 0. The lowest BCUT2D eigenvalue weighted by atomic mass is 10.1. The van der Waals surface area contributed by atoms with E-state index < -0.39 is 11.7 Å². The third kappa shape index (κ3) is 2.78. The Labute approximate surface area is 108 Å². The molecule has 0 atom stereocenters. The van der Waals surface area contributed by atoms with Gasteiger partial charge in [-0.1, -0.05) is 12.1 Å². The lowest BCUT2D eigenvalue weighted by Gasteiger charge is -2.09. The van der Waals surface area contributed by atoms with Gasteiger partial charge in [-0.2, -0.15) is 18.3 Å². The maximum Gasteiger partial charge on any atom is 0.416 e. The van der Waals surface area contributed by atoms with Gasteiger partial charge < -0.3 is 5.73 Å². The molecule has 2 rings (SSSR count). The molecule has 0 saturated carbocycles. The number of halogens is 3. The summed E-state index contributed by atoms with van der Waals surface area (Å²) in [6.07, 6.45) is -4.34. The van der Waals surface area contributed by atoms with Gasteiger partial charge >= 0.3 is 6.18 Å². The van der Waals surface area contributed by atoms with Crippen molar-refractivity contribution in [2.75, 3.05) is 0 Å². The fraction of sp³-hybridized carbons (Fsp3) is 0.308. The minimum absolute atomic E-state index is 0.263. The molecule has 3 nitrogen and oxygen atoms in total. The zero-order valence-corrected chi connectivity index (χ0v) is 10.4. The van der Waals surface area contributed by atoms with E-state index in [-0.39, 0.29) is 6.54 Å². The van der Waals surface area contributed by atoms with E-state index in [1.165, 1.54) is 6.07 Å². The molecule has 102 valence electrons. The Morgan fingerprint density at radius 2 is 2.00 bits per heavy atom. The zero-order valence-electron chi connectivity index (χ0n) is 10.4. The van der Waals surface area contributed by atoms with E-state index in [1.807, 2.05) is 6.92 Å². The van der Waals surface area contributed by atoms with E-state index >= 15 is 0 Å². The molecule has 0 radical (unpaired) electrons. The molecule has 0 unspecified atom stereocenters. The number of benzene rings is 1. The van der Waals surface area contributed by atoms with Crippen LogP contribution in [0.2, 0.25) is 0 Å². The van der Waals surface area contributed by atoms with Crippen molar-refractivity contribution < 1.29 is 13.2 Å². The van der Waals surface area contributed by atoms with E-state index in [4.69, 9.17) is 5.73 Å². The first kappa shape index (κ1) is 13.6. The minimum Gasteiger partial charge on any atom is -0.325 e. The number of hydrogen-bond donors (Lipinski definition) is 1. The Kier molecular flexibility index (Phi) is 3.61. The quantitative estimate of drug-likeness (QED) is 0.930. The summed E-state index contributed by atoms with van der Waals surface area (Å²) in [6.45, 7) is 2.72. The number of alkyl halides is 3. The smallest absolute Gasteiger partial charge is 0.325 e. The molecule has 19 heavy (non-hydrogen) atoms. The van der Waals surface area contributed by atoms with Crippen molar-refractivity contribution in [1.29, 1.82) is 0 Å². The van der Waals surface area contributed by atoms with Crippen LogP contribution in [-0.4, -0.2) is 9.78 Å². The highest BCUT2D eigenvalue weighted by molar-refractivity contribution is 5.61. The highest BCUT2D eigenvalue weighted by atomic mass is 19.4. The van der Waals surface area contributed by atoms with E-state index in [0.29, 0.717) is 23.5 Å². The molecule has 0 bridgehead atoms. The van der Waals surface area contributed by atoms with Crippen LogP contribution in [0.15, 0.2) is 30.3 Å². The van der Waals surface area contributed by atoms with Crippen LogP contribution in [0.25, 0.3) is 11.3 Å². The van der Waals surface area contributed by atoms with Crippen molar-refractivity contribution in [3.8, 4) is 11.3 Å². The molecular weight excluding hydrogens is 255 g/mol. The standard InChI is InChI=1S/C13H14F3N3/c1-2-19-12(7-11(8-17)18-19)9-4-3-5-10(6-9)13(14,15)16/h3-7H,2,8,17H2,1H3. The molecule has 0 saturated heterocycles. The highest BCUT2D eigenvalue weighted by Gasteiger charge is 2.30. The average Bonchev–Trinajstić information content (AvgIpc) is 2.81. The van der Waals surface area contributed by atoms with Crippen molar-refractivity contribution in [1.82, 2.24) is 9.78 Å². The van der Waals surface area contributed by atoms with Crippen LogP contribution in [0.5, 0.6) is 0 Å². The lowest BCUT2D eigenvalue weighted by Crippen LogP contribution is -2.05. The van der Waals surface area contributed by atoms with E-state index in [9.17, 15) is 13.2 Å². The number of hydrogen-bond acceptors (Lipinski definition) is 2. The van der Waals surface area contributed by atoms with Crippen LogP contribution in [0.4, 0.5) is 13.2 Å². The first-order valence-corrected chi connectivity index (χ1v) is 5.90. The Hall–Kier alpha value is -1.82. The Bertz CT molecular complexity index is 573. The Morgan fingerprint density at radius 3 is 2.58 bits per heavy atom. The topological polar surface area (TPSA) is 43.8 Å². The van der Waals surface area contributed by atoms with Crippen molar-refractivity contribution in [3.05, 3.63) is 41.6 Å². The van der Waals surface area contributed by atoms with Crippen LogP contribution in [0, 0.1) is 0 Å². The molecule has 0 amide bonds. The van der Waals surface area contributed by atoms with Gasteiger partial charge in [0.25, 0.3) is 0 Å². The number of aryl methyl sites for hydroxylation is 1. The molecule has 2 N–H and O–H groups in total. The molecule has 0 spiro atoms. The summed E-state index contributed by atoms with van der Waals surface area (Å²) >= 11 is 0. The fourth-order valence-electron chi connectivity index (χ4n) is 1.90. The summed E-state index contributed by atoms with van der Waals surface area (Å²) < 4.78 is 39.7. The molecule has 0 aliphatic heterocycles. The largest absolute Gasteiger partial charge is 0.416 e. The first-order chi connectivity index (χ1) is 8.95. The summed E-state index contributed by atoms with van der Waals surface area (Å²) in [5.74, 6) is 0. The second-order valence-corrected chi connectivity index (χ2v) is 4.12. The molecule has 6 heteroatoms. The minimum atomic E-state index is -4.34. The Morgan fingerprint density at radius 1 is 1.26 bits per heavy atom. The first-order valence-electron chi connectivity index (χ1n) is 5.90. The number of nitrogens with zero attached hydrogens (tertiary/aromatic N) is 2. The van der Waals surface area contributed by atoms with Crippen molar-refractivity contribution in [3.63, 3.8) is 0 Å². The second-order valence-electron chi connectivity index (χ2n) is 4.12. The van der Waals surface area contributed by atoms with Crippen molar-refractivity contribution in [2.45, 2.75) is 26.2 Å². The maximum atomic E-state index is 12.7. The van der Waals surface area contributed by atoms with Crippen LogP contribution >= 0.6 is 0 Å². The molecule has 2 aromatic rings. The molecule has 1 aromatic heterocycles. The molecule has 1 heterocycles.